The Morgan fingerprint density at radius 2 is 2.11 bits per heavy atom. The van der Waals surface area contributed by atoms with Gasteiger partial charge in [-0.25, -0.2) is 4.79 Å². The predicted octanol–water partition coefficient (Wildman–Crippen LogP) is 2.59. The Bertz CT molecular complexity index is 678. The van der Waals surface area contributed by atoms with E-state index in [0.29, 0.717) is 16.1 Å². The largest absolute Gasteiger partial charge is 0.459 e. The van der Waals surface area contributed by atoms with Crippen LogP contribution in [0.1, 0.15) is 20.8 Å². The fourth-order valence-corrected chi connectivity index (χ4v) is 1.85. The van der Waals surface area contributed by atoms with Crippen LogP contribution in [0.25, 0.3) is 11.1 Å². The first kappa shape index (κ1) is 13.7. The fraction of sp³-hybridized carbons (Fsp3) is 0.385. The van der Waals surface area contributed by atoms with Crippen LogP contribution in [0.2, 0.25) is 5.02 Å². The summed E-state index contributed by atoms with van der Waals surface area (Å²) in [6.07, 6.45) is 0. The van der Waals surface area contributed by atoms with Gasteiger partial charge in [0, 0.05) is 11.1 Å². The van der Waals surface area contributed by atoms with Gasteiger partial charge in [-0.15, -0.1) is 0 Å². The second kappa shape index (κ2) is 4.74. The minimum Gasteiger partial charge on any atom is -0.459 e. The molecule has 0 aliphatic rings. The zero-order valence-corrected chi connectivity index (χ0v) is 11.7. The van der Waals surface area contributed by atoms with Crippen molar-refractivity contribution in [3.8, 4) is 0 Å². The molecule has 1 aromatic carbocycles. The highest BCUT2D eigenvalue weighted by atomic mass is 35.5. The van der Waals surface area contributed by atoms with Crippen molar-refractivity contribution >= 4 is 28.7 Å². The number of hydrogen-bond acceptors (Lipinski definition) is 4. The van der Waals surface area contributed by atoms with Crippen molar-refractivity contribution in [3.05, 3.63) is 33.8 Å². The van der Waals surface area contributed by atoms with Gasteiger partial charge in [0.1, 0.15) is 12.1 Å². The molecule has 0 radical (unpaired) electrons. The third-order valence-corrected chi connectivity index (χ3v) is 2.57. The summed E-state index contributed by atoms with van der Waals surface area (Å²) < 4.78 is 11.4. The number of ether oxygens (including phenoxy) is 1. The Balaban J connectivity index is 2.33. The number of fused-ring (bicyclic) bond motifs is 1. The standard InChI is InChI=1S/C13H14ClNO4/c1-13(2,3)19-11(16)7-15-9-5-4-8(14)6-10(9)18-12(15)17/h4-6H,7H2,1-3H3. The molecule has 0 bridgehead atoms. The number of benzene rings is 1. The van der Waals surface area contributed by atoms with Crippen LogP contribution < -0.4 is 5.76 Å². The fourth-order valence-electron chi connectivity index (χ4n) is 1.69. The topological polar surface area (TPSA) is 61.4 Å². The number of aromatic nitrogens is 1. The SMILES string of the molecule is CC(C)(C)OC(=O)Cn1c(=O)oc2cc(Cl)ccc21. The van der Waals surface area contributed by atoms with E-state index in [1.807, 2.05) is 0 Å². The molecule has 0 fully saturated rings. The van der Waals surface area contributed by atoms with Crippen LogP contribution in [0.4, 0.5) is 0 Å². The monoisotopic (exact) mass is 283 g/mol. The van der Waals surface area contributed by atoms with E-state index in [4.69, 9.17) is 20.8 Å². The van der Waals surface area contributed by atoms with Gasteiger partial charge in [-0.3, -0.25) is 9.36 Å². The van der Waals surface area contributed by atoms with Crippen LogP contribution in [-0.2, 0) is 16.1 Å². The second-order valence-corrected chi connectivity index (χ2v) is 5.59. The van der Waals surface area contributed by atoms with E-state index in [0.717, 1.165) is 0 Å². The summed E-state index contributed by atoms with van der Waals surface area (Å²) in [5, 5.41) is 0.464. The second-order valence-electron chi connectivity index (χ2n) is 5.15. The average Bonchev–Trinajstić information content (AvgIpc) is 2.51. The summed E-state index contributed by atoms with van der Waals surface area (Å²) in [6.45, 7) is 5.10. The first-order chi connectivity index (χ1) is 8.76. The maximum atomic E-state index is 11.7. The molecule has 102 valence electrons. The third-order valence-electron chi connectivity index (χ3n) is 2.34. The molecule has 19 heavy (non-hydrogen) atoms. The van der Waals surface area contributed by atoms with Crippen LogP contribution in [-0.4, -0.2) is 16.1 Å². The van der Waals surface area contributed by atoms with E-state index in [1.54, 1.807) is 32.9 Å². The van der Waals surface area contributed by atoms with Crippen LogP contribution in [0.5, 0.6) is 0 Å². The lowest BCUT2D eigenvalue weighted by Gasteiger charge is -2.19. The van der Waals surface area contributed by atoms with Crippen molar-refractivity contribution in [1.82, 2.24) is 4.57 Å². The smallest absolute Gasteiger partial charge is 0.420 e. The Hall–Kier alpha value is -1.75. The highest BCUT2D eigenvalue weighted by Gasteiger charge is 2.19. The van der Waals surface area contributed by atoms with Gasteiger partial charge in [-0.05, 0) is 32.9 Å². The Morgan fingerprint density at radius 3 is 2.74 bits per heavy atom. The van der Waals surface area contributed by atoms with Gasteiger partial charge in [0.15, 0.2) is 5.58 Å². The lowest BCUT2D eigenvalue weighted by molar-refractivity contribution is -0.155. The Labute approximate surface area is 114 Å². The molecule has 1 aromatic heterocycles. The first-order valence-electron chi connectivity index (χ1n) is 5.77. The normalized spacial score (nSPS) is 11.8. The maximum absolute atomic E-state index is 11.7. The molecule has 0 N–H and O–H groups in total. The minimum absolute atomic E-state index is 0.190. The van der Waals surface area contributed by atoms with E-state index in [9.17, 15) is 9.59 Å². The van der Waals surface area contributed by atoms with Gasteiger partial charge in [0.25, 0.3) is 0 Å². The highest BCUT2D eigenvalue weighted by molar-refractivity contribution is 6.31. The zero-order valence-electron chi connectivity index (χ0n) is 10.9. The number of halogens is 1. The number of oxazole rings is 1. The van der Waals surface area contributed by atoms with E-state index in [1.165, 1.54) is 10.6 Å². The van der Waals surface area contributed by atoms with Gasteiger partial charge in [0.05, 0.1) is 5.52 Å². The number of rotatable bonds is 2. The predicted molar refractivity (Wildman–Crippen MR) is 71.3 cm³/mol. The molecule has 0 atom stereocenters. The summed E-state index contributed by atoms with van der Waals surface area (Å²) in [5.41, 5.74) is 0.269. The van der Waals surface area contributed by atoms with Crippen LogP contribution >= 0.6 is 11.6 Å². The van der Waals surface area contributed by atoms with Crippen molar-refractivity contribution in [2.75, 3.05) is 0 Å². The van der Waals surface area contributed by atoms with E-state index in [2.05, 4.69) is 0 Å². The van der Waals surface area contributed by atoms with Gasteiger partial charge in [-0.2, -0.15) is 0 Å². The van der Waals surface area contributed by atoms with Crippen LogP contribution in [0.3, 0.4) is 0 Å². The molecular weight excluding hydrogens is 270 g/mol. The lowest BCUT2D eigenvalue weighted by atomic mass is 10.2. The number of esters is 1. The molecular formula is C13H14ClNO4. The number of hydrogen-bond donors (Lipinski definition) is 0. The van der Waals surface area contributed by atoms with Crippen molar-refractivity contribution in [1.29, 1.82) is 0 Å². The van der Waals surface area contributed by atoms with Crippen LogP contribution in [0, 0.1) is 0 Å². The Morgan fingerprint density at radius 1 is 1.42 bits per heavy atom. The van der Waals surface area contributed by atoms with Crippen LogP contribution in [0.15, 0.2) is 27.4 Å². The average molecular weight is 284 g/mol. The highest BCUT2D eigenvalue weighted by Crippen LogP contribution is 2.18. The van der Waals surface area contributed by atoms with E-state index < -0.39 is 17.3 Å². The summed E-state index contributed by atoms with van der Waals surface area (Å²) in [6, 6.07) is 4.79. The zero-order chi connectivity index (χ0) is 14.2. The molecule has 6 heteroatoms. The first-order valence-corrected chi connectivity index (χ1v) is 6.15. The van der Waals surface area contributed by atoms with Crippen molar-refractivity contribution in [2.45, 2.75) is 32.9 Å². The quantitative estimate of drug-likeness (QED) is 0.795. The van der Waals surface area contributed by atoms with Gasteiger partial charge in [0.2, 0.25) is 0 Å². The molecule has 0 saturated heterocycles. The van der Waals surface area contributed by atoms with E-state index >= 15 is 0 Å². The number of carbonyl (C=O) groups excluding carboxylic acids is 1. The molecule has 5 nitrogen and oxygen atoms in total. The summed E-state index contributed by atoms with van der Waals surface area (Å²) in [7, 11) is 0. The van der Waals surface area contributed by atoms with Gasteiger partial charge >= 0.3 is 11.7 Å². The summed E-state index contributed by atoms with van der Waals surface area (Å²) in [5.74, 6) is -1.10. The third kappa shape index (κ3) is 3.17. The molecule has 2 aromatic rings. The van der Waals surface area contributed by atoms with Gasteiger partial charge in [-0.1, -0.05) is 11.6 Å². The minimum atomic E-state index is -0.608. The summed E-state index contributed by atoms with van der Waals surface area (Å²) >= 11 is 5.81. The molecule has 1 heterocycles. The molecule has 0 spiro atoms. The maximum Gasteiger partial charge on any atom is 0.420 e. The molecule has 0 saturated carbocycles. The molecule has 0 aliphatic heterocycles. The molecule has 2 rings (SSSR count). The summed E-state index contributed by atoms with van der Waals surface area (Å²) in [4.78, 5) is 23.4. The van der Waals surface area contributed by atoms with Crippen molar-refractivity contribution < 1.29 is 13.9 Å². The van der Waals surface area contributed by atoms with Crippen molar-refractivity contribution in [3.63, 3.8) is 0 Å². The number of carbonyl (C=O) groups is 1. The number of nitrogens with zero attached hydrogens (tertiary/aromatic N) is 1. The lowest BCUT2D eigenvalue weighted by Crippen LogP contribution is -2.29. The molecule has 0 amide bonds. The van der Waals surface area contributed by atoms with Gasteiger partial charge < -0.3 is 9.15 Å². The van der Waals surface area contributed by atoms with Crippen molar-refractivity contribution in [2.24, 2.45) is 0 Å². The molecule has 0 aliphatic carbocycles. The van der Waals surface area contributed by atoms with E-state index in [-0.39, 0.29) is 6.54 Å². The molecule has 0 unspecified atom stereocenters. The Kier molecular flexibility index (Phi) is 3.41.